The minimum atomic E-state index is 0.842. The van der Waals surface area contributed by atoms with Gasteiger partial charge in [-0.05, 0) is 23.4 Å². The van der Waals surface area contributed by atoms with Crippen LogP contribution in [0.2, 0.25) is 0 Å². The van der Waals surface area contributed by atoms with Gasteiger partial charge >= 0.3 is 0 Å². The summed E-state index contributed by atoms with van der Waals surface area (Å²) in [7, 11) is 0. The third-order valence-electron chi connectivity index (χ3n) is 4.23. The zero-order chi connectivity index (χ0) is 16.4. The van der Waals surface area contributed by atoms with Crippen molar-refractivity contribution in [2.45, 2.75) is 19.8 Å². The minimum Gasteiger partial charge on any atom is -0.336 e. The van der Waals surface area contributed by atoms with E-state index >= 15 is 0 Å². The SMILES string of the molecule is CCCc1nc(-c2nccc3ccccc23)[nH]c1-c1ccccc1. The van der Waals surface area contributed by atoms with Gasteiger partial charge in [-0.15, -0.1) is 0 Å². The lowest BCUT2D eigenvalue weighted by atomic mass is 10.1. The number of H-pyrrole nitrogens is 1. The largest absolute Gasteiger partial charge is 0.336 e. The number of benzene rings is 2. The van der Waals surface area contributed by atoms with E-state index in [-0.39, 0.29) is 0 Å². The second-order valence-corrected chi connectivity index (χ2v) is 5.90. The molecule has 0 aliphatic carbocycles. The molecule has 0 saturated carbocycles. The average Bonchev–Trinajstić information content (AvgIpc) is 3.06. The van der Waals surface area contributed by atoms with Crippen LogP contribution < -0.4 is 0 Å². The monoisotopic (exact) mass is 313 g/mol. The van der Waals surface area contributed by atoms with E-state index in [1.807, 2.05) is 30.5 Å². The normalized spacial score (nSPS) is 11.0. The standard InChI is InChI=1S/C21H19N3/c1-2-8-18-19(16-10-4-3-5-11-16)24-21(23-18)20-17-12-7-6-9-15(17)13-14-22-20/h3-7,9-14H,2,8H2,1H3,(H,23,24). The number of nitrogens with one attached hydrogen (secondary N) is 1. The summed E-state index contributed by atoms with van der Waals surface area (Å²) in [6.45, 7) is 2.18. The van der Waals surface area contributed by atoms with Crippen molar-refractivity contribution < 1.29 is 0 Å². The zero-order valence-corrected chi connectivity index (χ0v) is 13.7. The van der Waals surface area contributed by atoms with Gasteiger partial charge in [0.15, 0.2) is 5.82 Å². The maximum Gasteiger partial charge on any atom is 0.157 e. The lowest BCUT2D eigenvalue weighted by molar-refractivity contribution is 0.894. The number of nitrogens with zero attached hydrogens (tertiary/aromatic N) is 2. The van der Waals surface area contributed by atoms with Crippen molar-refractivity contribution >= 4 is 10.8 Å². The number of pyridine rings is 1. The van der Waals surface area contributed by atoms with Gasteiger partial charge in [-0.1, -0.05) is 67.9 Å². The van der Waals surface area contributed by atoms with Crippen LogP contribution >= 0.6 is 0 Å². The third-order valence-corrected chi connectivity index (χ3v) is 4.23. The topological polar surface area (TPSA) is 41.6 Å². The highest BCUT2D eigenvalue weighted by Crippen LogP contribution is 2.29. The van der Waals surface area contributed by atoms with Gasteiger partial charge in [0.2, 0.25) is 0 Å². The van der Waals surface area contributed by atoms with Crippen LogP contribution in [0.4, 0.5) is 0 Å². The van der Waals surface area contributed by atoms with Gasteiger partial charge in [-0.3, -0.25) is 4.98 Å². The Morgan fingerprint density at radius 1 is 0.917 bits per heavy atom. The number of imidazole rings is 1. The first-order valence-corrected chi connectivity index (χ1v) is 8.35. The number of aromatic nitrogens is 3. The van der Waals surface area contributed by atoms with Crippen LogP contribution in [-0.2, 0) is 6.42 Å². The van der Waals surface area contributed by atoms with Crippen molar-refractivity contribution in [3.8, 4) is 22.8 Å². The Labute approximate surface area is 141 Å². The molecule has 0 radical (unpaired) electrons. The fraction of sp³-hybridized carbons (Fsp3) is 0.143. The highest BCUT2D eigenvalue weighted by Gasteiger charge is 2.15. The van der Waals surface area contributed by atoms with Gasteiger partial charge in [0.05, 0.1) is 11.4 Å². The molecule has 2 aromatic carbocycles. The van der Waals surface area contributed by atoms with E-state index in [1.165, 1.54) is 10.9 Å². The fourth-order valence-corrected chi connectivity index (χ4v) is 3.09. The molecular weight excluding hydrogens is 294 g/mol. The summed E-state index contributed by atoms with van der Waals surface area (Å²) in [6, 6.07) is 20.7. The van der Waals surface area contributed by atoms with Gasteiger partial charge < -0.3 is 4.98 Å². The minimum absolute atomic E-state index is 0.842. The second-order valence-electron chi connectivity index (χ2n) is 5.90. The fourth-order valence-electron chi connectivity index (χ4n) is 3.09. The van der Waals surface area contributed by atoms with E-state index in [9.17, 15) is 0 Å². The molecule has 4 aromatic rings. The van der Waals surface area contributed by atoms with E-state index in [0.29, 0.717) is 0 Å². The smallest absolute Gasteiger partial charge is 0.157 e. The van der Waals surface area contributed by atoms with Crippen LogP contribution in [0.5, 0.6) is 0 Å². The van der Waals surface area contributed by atoms with E-state index < -0.39 is 0 Å². The molecule has 3 heteroatoms. The van der Waals surface area contributed by atoms with E-state index in [1.54, 1.807) is 0 Å². The van der Waals surface area contributed by atoms with Gasteiger partial charge in [0.1, 0.15) is 5.69 Å². The highest BCUT2D eigenvalue weighted by atomic mass is 15.0. The Kier molecular flexibility index (Phi) is 3.83. The number of fused-ring (bicyclic) bond motifs is 1. The average molecular weight is 313 g/mol. The first-order valence-electron chi connectivity index (χ1n) is 8.35. The molecule has 118 valence electrons. The predicted molar refractivity (Wildman–Crippen MR) is 98.8 cm³/mol. The summed E-state index contributed by atoms with van der Waals surface area (Å²) in [5.74, 6) is 0.842. The van der Waals surface area contributed by atoms with Crippen molar-refractivity contribution in [1.29, 1.82) is 0 Å². The lowest BCUT2D eigenvalue weighted by Gasteiger charge is -2.02. The number of rotatable bonds is 4. The van der Waals surface area contributed by atoms with Gasteiger partial charge in [-0.25, -0.2) is 4.98 Å². The molecule has 0 amide bonds. The Morgan fingerprint density at radius 3 is 2.54 bits per heavy atom. The van der Waals surface area contributed by atoms with Gasteiger partial charge in [0, 0.05) is 11.6 Å². The maximum absolute atomic E-state index is 4.88. The molecule has 0 saturated heterocycles. The molecule has 0 spiro atoms. The Morgan fingerprint density at radius 2 is 1.71 bits per heavy atom. The zero-order valence-electron chi connectivity index (χ0n) is 13.7. The van der Waals surface area contributed by atoms with E-state index in [0.717, 1.165) is 41.1 Å². The molecule has 0 aliphatic heterocycles. The Balaban J connectivity index is 1.90. The van der Waals surface area contributed by atoms with E-state index in [4.69, 9.17) is 4.98 Å². The summed E-state index contributed by atoms with van der Waals surface area (Å²) in [4.78, 5) is 13.0. The van der Waals surface area contributed by atoms with Crippen LogP contribution in [-0.4, -0.2) is 15.0 Å². The number of aryl methyl sites for hydroxylation is 1. The quantitative estimate of drug-likeness (QED) is 0.559. The van der Waals surface area contributed by atoms with Crippen LogP contribution in [0.15, 0.2) is 66.9 Å². The molecule has 0 unspecified atom stereocenters. The van der Waals surface area contributed by atoms with Crippen molar-refractivity contribution in [1.82, 2.24) is 15.0 Å². The molecule has 2 heterocycles. The summed E-state index contributed by atoms with van der Waals surface area (Å²) in [5, 5.41) is 2.30. The highest BCUT2D eigenvalue weighted by molar-refractivity contribution is 5.93. The molecule has 0 aliphatic rings. The van der Waals surface area contributed by atoms with Gasteiger partial charge in [0.25, 0.3) is 0 Å². The predicted octanol–water partition coefficient (Wildman–Crippen LogP) is 5.24. The first kappa shape index (κ1) is 14.6. The summed E-state index contributed by atoms with van der Waals surface area (Å²) in [6.07, 6.45) is 3.86. The van der Waals surface area contributed by atoms with Crippen LogP contribution in [0.25, 0.3) is 33.5 Å². The maximum atomic E-state index is 4.88. The summed E-state index contributed by atoms with van der Waals surface area (Å²) < 4.78 is 0. The number of hydrogen-bond acceptors (Lipinski definition) is 2. The number of aromatic amines is 1. The molecular formula is C21H19N3. The molecule has 0 fully saturated rings. The third kappa shape index (κ3) is 2.58. The van der Waals surface area contributed by atoms with Crippen molar-refractivity contribution in [2.75, 3.05) is 0 Å². The van der Waals surface area contributed by atoms with Crippen molar-refractivity contribution in [3.05, 3.63) is 72.6 Å². The molecule has 1 N–H and O–H groups in total. The second kappa shape index (κ2) is 6.28. The van der Waals surface area contributed by atoms with Crippen molar-refractivity contribution in [3.63, 3.8) is 0 Å². The van der Waals surface area contributed by atoms with Crippen LogP contribution in [0.3, 0.4) is 0 Å². The van der Waals surface area contributed by atoms with Crippen LogP contribution in [0.1, 0.15) is 19.0 Å². The molecule has 3 nitrogen and oxygen atoms in total. The molecule has 4 rings (SSSR count). The number of hydrogen-bond donors (Lipinski definition) is 1. The molecule has 0 atom stereocenters. The van der Waals surface area contributed by atoms with Gasteiger partial charge in [-0.2, -0.15) is 0 Å². The molecule has 2 aromatic heterocycles. The first-order chi connectivity index (χ1) is 11.9. The molecule has 0 bridgehead atoms. The lowest BCUT2D eigenvalue weighted by Crippen LogP contribution is -1.89. The van der Waals surface area contributed by atoms with Crippen molar-refractivity contribution in [2.24, 2.45) is 0 Å². The summed E-state index contributed by atoms with van der Waals surface area (Å²) >= 11 is 0. The van der Waals surface area contributed by atoms with E-state index in [2.05, 4.69) is 53.3 Å². The Hall–Kier alpha value is -2.94. The summed E-state index contributed by atoms with van der Waals surface area (Å²) in [5.41, 5.74) is 4.28. The molecule has 24 heavy (non-hydrogen) atoms. The Bertz CT molecular complexity index is 965. The van der Waals surface area contributed by atoms with Crippen LogP contribution in [0, 0.1) is 0 Å².